The van der Waals surface area contributed by atoms with E-state index < -0.39 is 0 Å². The number of hydrogen-bond acceptors (Lipinski definition) is 3. The van der Waals surface area contributed by atoms with Crippen LogP contribution < -0.4 is 5.73 Å². The van der Waals surface area contributed by atoms with Crippen molar-refractivity contribution in [1.29, 1.82) is 0 Å². The lowest BCUT2D eigenvalue weighted by Gasteiger charge is -2.32. The third kappa shape index (κ3) is 3.69. The third-order valence-corrected chi connectivity index (χ3v) is 4.08. The molecule has 112 valence electrons. The molecule has 0 amide bonds. The summed E-state index contributed by atoms with van der Waals surface area (Å²) in [4.78, 5) is 6.52. The largest absolute Gasteiger partial charge is 0.329 e. The van der Waals surface area contributed by atoms with E-state index in [0.717, 1.165) is 13.1 Å². The van der Waals surface area contributed by atoms with Crippen molar-refractivity contribution in [3.8, 4) is 0 Å². The Morgan fingerprint density at radius 3 is 2.24 bits per heavy atom. The van der Waals surface area contributed by atoms with Crippen LogP contribution in [0.15, 0.2) is 42.7 Å². The van der Waals surface area contributed by atoms with Crippen LogP contribution in [-0.4, -0.2) is 23.0 Å². The average molecular weight is 283 g/mol. The number of hydrogen-bond donors (Lipinski definition) is 1. The fraction of sp³-hybridized carbons (Fsp3) is 0.389. The molecule has 21 heavy (non-hydrogen) atoms. The van der Waals surface area contributed by atoms with Crippen molar-refractivity contribution in [2.75, 3.05) is 13.1 Å². The van der Waals surface area contributed by atoms with Gasteiger partial charge in [-0.15, -0.1) is 0 Å². The molecule has 1 heterocycles. The molecule has 3 heteroatoms. The molecule has 0 saturated carbocycles. The van der Waals surface area contributed by atoms with Crippen LogP contribution in [0.1, 0.15) is 35.2 Å². The van der Waals surface area contributed by atoms with E-state index in [1.165, 1.54) is 22.3 Å². The molecule has 1 unspecified atom stereocenters. The second-order valence-electron chi connectivity index (χ2n) is 5.48. The minimum absolute atomic E-state index is 0.254. The molecule has 0 radical (unpaired) electrons. The number of pyridine rings is 1. The first kappa shape index (κ1) is 15.7. The molecule has 0 spiro atoms. The maximum absolute atomic E-state index is 6.12. The molecule has 0 fully saturated rings. The van der Waals surface area contributed by atoms with Gasteiger partial charge in [-0.05, 0) is 54.8 Å². The number of benzene rings is 1. The molecule has 0 aliphatic heterocycles. The van der Waals surface area contributed by atoms with E-state index in [1.807, 2.05) is 12.4 Å². The average Bonchev–Trinajstić information content (AvgIpc) is 2.50. The van der Waals surface area contributed by atoms with Crippen LogP contribution in [0.25, 0.3) is 0 Å². The summed E-state index contributed by atoms with van der Waals surface area (Å²) in [6.45, 7) is 9.03. The van der Waals surface area contributed by atoms with Crippen molar-refractivity contribution in [1.82, 2.24) is 9.88 Å². The van der Waals surface area contributed by atoms with Gasteiger partial charge < -0.3 is 5.73 Å². The molecule has 2 rings (SSSR count). The van der Waals surface area contributed by atoms with Gasteiger partial charge in [0.05, 0.1) is 0 Å². The quantitative estimate of drug-likeness (QED) is 0.885. The zero-order valence-corrected chi connectivity index (χ0v) is 13.2. The van der Waals surface area contributed by atoms with Crippen LogP contribution in [-0.2, 0) is 6.54 Å². The van der Waals surface area contributed by atoms with Crippen molar-refractivity contribution >= 4 is 0 Å². The Hall–Kier alpha value is -1.71. The van der Waals surface area contributed by atoms with Crippen molar-refractivity contribution in [2.24, 2.45) is 5.73 Å². The predicted molar refractivity (Wildman–Crippen MR) is 88.0 cm³/mol. The monoisotopic (exact) mass is 283 g/mol. The van der Waals surface area contributed by atoms with Crippen LogP contribution in [0.5, 0.6) is 0 Å². The van der Waals surface area contributed by atoms with Crippen molar-refractivity contribution in [3.05, 3.63) is 65.0 Å². The van der Waals surface area contributed by atoms with Gasteiger partial charge in [0.25, 0.3) is 0 Å². The molecule has 1 aromatic heterocycles. The maximum atomic E-state index is 6.12. The van der Waals surface area contributed by atoms with Crippen LogP contribution in [0.4, 0.5) is 0 Å². The number of nitrogens with two attached hydrogens (primary N) is 1. The maximum Gasteiger partial charge on any atom is 0.0479 e. The number of rotatable bonds is 6. The number of aromatic nitrogens is 1. The highest BCUT2D eigenvalue weighted by Gasteiger charge is 2.21. The Labute approximate surface area is 127 Å². The van der Waals surface area contributed by atoms with Gasteiger partial charge in [0.2, 0.25) is 0 Å². The van der Waals surface area contributed by atoms with Crippen LogP contribution in [0.3, 0.4) is 0 Å². The number of nitrogens with zero attached hydrogens (tertiary/aromatic N) is 2. The normalized spacial score (nSPS) is 12.6. The lowest BCUT2D eigenvalue weighted by Crippen LogP contribution is -2.34. The van der Waals surface area contributed by atoms with Gasteiger partial charge in [-0.3, -0.25) is 9.88 Å². The topological polar surface area (TPSA) is 42.2 Å². The Morgan fingerprint density at radius 2 is 1.71 bits per heavy atom. The van der Waals surface area contributed by atoms with E-state index in [1.54, 1.807) is 0 Å². The molecule has 1 aromatic carbocycles. The van der Waals surface area contributed by atoms with Gasteiger partial charge in [0.15, 0.2) is 0 Å². The smallest absolute Gasteiger partial charge is 0.0479 e. The van der Waals surface area contributed by atoms with E-state index in [9.17, 15) is 0 Å². The summed E-state index contributed by atoms with van der Waals surface area (Å²) in [7, 11) is 0. The van der Waals surface area contributed by atoms with E-state index in [2.05, 4.69) is 61.0 Å². The van der Waals surface area contributed by atoms with E-state index >= 15 is 0 Å². The zero-order chi connectivity index (χ0) is 15.2. The molecule has 0 aliphatic rings. The molecule has 0 aliphatic carbocycles. The minimum Gasteiger partial charge on any atom is -0.329 e. The highest BCUT2D eigenvalue weighted by Crippen LogP contribution is 2.27. The number of aryl methyl sites for hydroxylation is 2. The highest BCUT2D eigenvalue weighted by atomic mass is 15.2. The summed E-state index contributed by atoms with van der Waals surface area (Å²) in [6, 6.07) is 10.9. The van der Waals surface area contributed by atoms with E-state index in [4.69, 9.17) is 5.73 Å². The summed E-state index contributed by atoms with van der Waals surface area (Å²) < 4.78 is 0. The van der Waals surface area contributed by atoms with Gasteiger partial charge in [-0.1, -0.05) is 25.1 Å². The van der Waals surface area contributed by atoms with Crippen molar-refractivity contribution < 1.29 is 0 Å². The van der Waals surface area contributed by atoms with Gasteiger partial charge in [0.1, 0.15) is 0 Å². The first-order valence-corrected chi connectivity index (χ1v) is 7.56. The SMILES string of the molecule is CCN(Cc1ccncc1)C(CN)c1c(C)cccc1C. The van der Waals surface area contributed by atoms with Gasteiger partial charge in [0, 0.05) is 31.5 Å². The molecule has 0 bridgehead atoms. The van der Waals surface area contributed by atoms with E-state index in [0.29, 0.717) is 6.54 Å². The summed E-state index contributed by atoms with van der Waals surface area (Å²) in [5, 5.41) is 0. The molecule has 3 nitrogen and oxygen atoms in total. The van der Waals surface area contributed by atoms with E-state index in [-0.39, 0.29) is 6.04 Å². The standard InChI is InChI=1S/C18H25N3/c1-4-21(13-16-8-10-20-11-9-16)17(12-19)18-14(2)6-5-7-15(18)3/h5-11,17H,4,12-13,19H2,1-3H3. The molecular weight excluding hydrogens is 258 g/mol. The molecule has 0 saturated heterocycles. The van der Waals surface area contributed by atoms with Crippen LogP contribution >= 0.6 is 0 Å². The minimum atomic E-state index is 0.254. The van der Waals surface area contributed by atoms with Gasteiger partial charge >= 0.3 is 0 Å². The first-order valence-electron chi connectivity index (χ1n) is 7.56. The molecule has 2 N–H and O–H groups in total. The lowest BCUT2D eigenvalue weighted by molar-refractivity contribution is 0.202. The second-order valence-corrected chi connectivity index (χ2v) is 5.48. The first-order chi connectivity index (χ1) is 10.2. The predicted octanol–water partition coefficient (Wildman–Crippen LogP) is 3.22. The summed E-state index contributed by atoms with van der Waals surface area (Å²) in [6.07, 6.45) is 3.69. The fourth-order valence-corrected chi connectivity index (χ4v) is 2.97. The Morgan fingerprint density at radius 1 is 1.10 bits per heavy atom. The highest BCUT2D eigenvalue weighted by molar-refractivity contribution is 5.36. The summed E-state index contributed by atoms with van der Waals surface area (Å²) >= 11 is 0. The van der Waals surface area contributed by atoms with Crippen molar-refractivity contribution in [2.45, 2.75) is 33.4 Å². The van der Waals surface area contributed by atoms with Gasteiger partial charge in [-0.2, -0.15) is 0 Å². The molecule has 1 atom stereocenters. The summed E-state index contributed by atoms with van der Waals surface area (Å²) in [5.74, 6) is 0. The summed E-state index contributed by atoms with van der Waals surface area (Å²) in [5.41, 5.74) is 11.4. The van der Waals surface area contributed by atoms with Gasteiger partial charge in [-0.25, -0.2) is 0 Å². The fourth-order valence-electron chi connectivity index (χ4n) is 2.97. The van der Waals surface area contributed by atoms with Crippen LogP contribution in [0.2, 0.25) is 0 Å². The zero-order valence-electron chi connectivity index (χ0n) is 13.2. The van der Waals surface area contributed by atoms with Crippen molar-refractivity contribution in [3.63, 3.8) is 0 Å². The Bertz CT molecular complexity index is 546. The van der Waals surface area contributed by atoms with Crippen LogP contribution in [0, 0.1) is 13.8 Å². The Kier molecular flexibility index (Phi) is 5.48. The Balaban J connectivity index is 2.29. The third-order valence-electron chi connectivity index (χ3n) is 4.08. The molecule has 2 aromatic rings. The number of likely N-dealkylation sites (N-methyl/N-ethyl adjacent to an activating group) is 1. The lowest BCUT2D eigenvalue weighted by atomic mass is 9.94. The second kappa shape index (κ2) is 7.34. The molecular formula is C18H25N3.